The van der Waals surface area contributed by atoms with Crippen LogP contribution in [0.1, 0.15) is 26.7 Å². The average Bonchev–Trinajstić information content (AvgIpc) is 2.33. The van der Waals surface area contributed by atoms with Gasteiger partial charge in [-0.3, -0.25) is 4.79 Å². The number of amides is 1. The molecule has 0 bridgehead atoms. The van der Waals surface area contributed by atoms with Crippen molar-refractivity contribution >= 4 is 23.2 Å². The molecule has 0 heterocycles. The van der Waals surface area contributed by atoms with E-state index in [4.69, 9.17) is 22.1 Å². The maximum atomic E-state index is 11.8. The molecule has 0 saturated carbocycles. The molecule has 0 radical (unpaired) electrons. The van der Waals surface area contributed by atoms with Crippen LogP contribution < -0.4 is 15.8 Å². The number of anilines is 1. The van der Waals surface area contributed by atoms with Gasteiger partial charge in [-0.15, -0.1) is 0 Å². The molecule has 1 aromatic carbocycles. The third-order valence-corrected chi connectivity index (χ3v) is 2.67. The number of nitrogens with two attached hydrogens (primary N) is 1. The lowest BCUT2D eigenvalue weighted by molar-refractivity contribution is -0.117. The second-order valence-electron chi connectivity index (χ2n) is 3.96. The summed E-state index contributed by atoms with van der Waals surface area (Å²) in [6, 6.07) is 4.59. The summed E-state index contributed by atoms with van der Waals surface area (Å²) in [6.45, 7) is 4.38. The van der Waals surface area contributed by atoms with Crippen LogP contribution in [0, 0.1) is 0 Å². The molecule has 5 heteroatoms. The van der Waals surface area contributed by atoms with Crippen molar-refractivity contribution < 1.29 is 9.53 Å². The van der Waals surface area contributed by atoms with Gasteiger partial charge in [0, 0.05) is 5.02 Å². The summed E-state index contributed by atoms with van der Waals surface area (Å²) in [5.74, 6) is 0.374. The Morgan fingerprint density at radius 2 is 2.22 bits per heavy atom. The fourth-order valence-corrected chi connectivity index (χ4v) is 1.72. The van der Waals surface area contributed by atoms with Gasteiger partial charge < -0.3 is 15.8 Å². The highest BCUT2D eigenvalue weighted by Crippen LogP contribution is 2.28. The van der Waals surface area contributed by atoms with Gasteiger partial charge in [0.2, 0.25) is 5.91 Å². The lowest BCUT2D eigenvalue weighted by Gasteiger charge is -2.14. The van der Waals surface area contributed by atoms with Crippen LogP contribution in [0.25, 0.3) is 0 Å². The van der Waals surface area contributed by atoms with E-state index in [-0.39, 0.29) is 5.91 Å². The summed E-state index contributed by atoms with van der Waals surface area (Å²) < 4.78 is 5.42. The predicted octanol–water partition coefficient (Wildman–Crippen LogP) is 2.80. The molecule has 0 fully saturated rings. The molecule has 0 aliphatic carbocycles. The van der Waals surface area contributed by atoms with Gasteiger partial charge in [-0.05, 0) is 31.5 Å². The van der Waals surface area contributed by atoms with Crippen molar-refractivity contribution in [3.8, 4) is 5.75 Å². The first kappa shape index (κ1) is 14.8. The van der Waals surface area contributed by atoms with Crippen molar-refractivity contribution in [2.24, 2.45) is 5.73 Å². The summed E-state index contributed by atoms with van der Waals surface area (Å²) in [6.07, 6.45) is 1.51. The van der Waals surface area contributed by atoms with E-state index in [9.17, 15) is 4.79 Å². The van der Waals surface area contributed by atoms with Crippen molar-refractivity contribution in [1.82, 2.24) is 0 Å². The van der Waals surface area contributed by atoms with Gasteiger partial charge in [0.15, 0.2) is 0 Å². The van der Waals surface area contributed by atoms with Gasteiger partial charge in [0.1, 0.15) is 5.75 Å². The zero-order valence-electron chi connectivity index (χ0n) is 10.7. The molecular formula is C13H19ClN2O2. The molecule has 3 N–H and O–H groups in total. The van der Waals surface area contributed by atoms with E-state index in [0.717, 1.165) is 6.42 Å². The first-order chi connectivity index (χ1) is 8.58. The maximum Gasteiger partial charge on any atom is 0.241 e. The largest absolute Gasteiger partial charge is 0.492 e. The summed E-state index contributed by atoms with van der Waals surface area (Å²) in [7, 11) is 0. The molecule has 1 rings (SSSR count). The molecular weight excluding hydrogens is 252 g/mol. The minimum absolute atomic E-state index is 0.222. The summed E-state index contributed by atoms with van der Waals surface area (Å²) in [5.41, 5.74) is 6.31. The lowest BCUT2D eigenvalue weighted by Crippen LogP contribution is -2.35. The van der Waals surface area contributed by atoms with Crippen LogP contribution in [-0.2, 0) is 4.79 Å². The smallest absolute Gasteiger partial charge is 0.241 e. The Morgan fingerprint density at radius 1 is 1.50 bits per heavy atom. The summed E-state index contributed by atoms with van der Waals surface area (Å²) in [5, 5.41) is 3.29. The van der Waals surface area contributed by atoms with E-state index in [0.29, 0.717) is 29.5 Å². The van der Waals surface area contributed by atoms with Crippen LogP contribution in [0.4, 0.5) is 5.69 Å². The quantitative estimate of drug-likeness (QED) is 0.835. The number of nitrogens with one attached hydrogen (secondary N) is 1. The summed E-state index contributed by atoms with van der Waals surface area (Å²) >= 11 is 5.90. The first-order valence-electron chi connectivity index (χ1n) is 6.07. The molecule has 100 valence electrons. The van der Waals surface area contributed by atoms with Gasteiger partial charge in [-0.2, -0.15) is 0 Å². The Labute approximate surface area is 112 Å². The number of carbonyl (C=O) groups excluding carboxylic acids is 1. The zero-order valence-corrected chi connectivity index (χ0v) is 11.5. The molecule has 0 aliphatic rings. The summed E-state index contributed by atoms with van der Waals surface area (Å²) in [4.78, 5) is 11.8. The Morgan fingerprint density at radius 3 is 2.83 bits per heavy atom. The highest BCUT2D eigenvalue weighted by Gasteiger charge is 2.14. The first-order valence-corrected chi connectivity index (χ1v) is 6.45. The van der Waals surface area contributed by atoms with Crippen LogP contribution in [-0.4, -0.2) is 18.6 Å². The molecule has 0 spiro atoms. The van der Waals surface area contributed by atoms with Crippen LogP contribution in [0.5, 0.6) is 5.75 Å². The second-order valence-corrected chi connectivity index (χ2v) is 4.39. The maximum absolute atomic E-state index is 11.8. The highest BCUT2D eigenvalue weighted by atomic mass is 35.5. The normalized spacial score (nSPS) is 12.0. The Bertz CT molecular complexity index is 410. The predicted molar refractivity (Wildman–Crippen MR) is 74.1 cm³/mol. The number of hydrogen-bond acceptors (Lipinski definition) is 3. The van der Waals surface area contributed by atoms with E-state index < -0.39 is 6.04 Å². The molecule has 0 aliphatic heterocycles. The third kappa shape index (κ3) is 4.20. The van der Waals surface area contributed by atoms with Crippen molar-refractivity contribution in [3.05, 3.63) is 23.2 Å². The second kappa shape index (κ2) is 7.24. The van der Waals surface area contributed by atoms with Crippen LogP contribution in [0.2, 0.25) is 5.02 Å². The van der Waals surface area contributed by atoms with Gasteiger partial charge in [0.25, 0.3) is 0 Å². The highest BCUT2D eigenvalue weighted by molar-refractivity contribution is 6.31. The number of hydrogen-bond donors (Lipinski definition) is 2. The molecule has 0 unspecified atom stereocenters. The Kier molecular flexibility index (Phi) is 5.95. The number of halogens is 1. The zero-order chi connectivity index (χ0) is 13.5. The SMILES string of the molecule is CCC[C@H](N)C(=O)Nc1cc(Cl)ccc1OCC. The van der Waals surface area contributed by atoms with Gasteiger partial charge >= 0.3 is 0 Å². The fraction of sp³-hybridized carbons (Fsp3) is 0.462. The average molecular weight is 271 g/mol. The van der Waals surface area contributed by atoms with Crippen molar-refractivity contribution in [1.29, 1.82) is 0 Å². The molecule has 1 amide bonds. The minimum atomic E-state index is -0.511. The molecule has 1 atom stereocenters. The number of carbonyl (C=O) groups is 1. The fourth-order valence-electron chi connectivity index (χ4n) is 1.55. The van der Waals surface area contributed by atoms with Gasteiger partial charge in [-0.1, -0.05) is 24.9 Å². The van der Waals surface area contributed by atoms with Crippen LogP contribution >= 0.6 is 11.6 Å². The van der Waals surface area contributed by atoms with E-state index in [2.05, 4.69) is 5.32 Å². The molecule has 4 nitrogen and oxygen atoms in total. The Hall–Kier alpha value is -1.26. The molecule has 0 aromatic heterocycles. The lowest BCUT2D eigenvalue weighted by atomic mass is 10.1. The van der Waals surface area contributed by atoms with Crippen LogP contribution in [0.15, 0.2) is 18.2 Å². The van der Waals surface area contributed by atoms with E-state index in [1.807, 2.05) is 13.8 Å². The van der Waals surface area contributed by atoms with Crippen LogP contribution in [0.3, 0.4) is 0 Å². The number of rotatable bonds is 6. The van der Waals surface area contributed by atoms with Crippen molar-refractivity contribution in [2.75, 3.05) is 11.9 Å². The van der Waals surface area contributed by atoms with E-state index >= 15 is 0 Å². The third-order valence-electron chi connectivity index (χ3n) is 2.44. The molecule has 0 saturated heterocycles. The van der Waals surface area contributed by atoms with E-state index in [1.54, 1.807) is 18.2 Å². The molecule has 18 heavy (non-hydrogen) atoms. The van der Waals surface area contributed by atoms with Crippen molar-refractivity contribution in [3.63, 3.8) is 0 Å². The standard InChI is InChI=1S/C13H19ClN2O2/c1-3-5-10(15)13(17)16-11-8-9(14)6-7-12(11)18-4-2/h6-8,10H,3-5,15H2,1-2H3,(H,16,17)/t10-/m0/s1. The molecule has 1 aromatic rings. The topological polar surface area (TPSA) is 64.4 Å². The van der Waals surface area contributed by atoms with Crippen molar-refractivity contribution in [2.45, 2.75) is 32.7 Å². The number of ether oxygens (including phenoxy) is 1. The number of benzene rings is 1. The van der Waals surface area contributed by atoms with Gasteiger partial charge in [-0.25, -0.2) is 0 Å². The minimum Gasteiger partial charge on any atom is -0.492 e. The Balaban J connectivity index is 2.81. The van der Waals surface area contributed by atoms with Gasteiger partial charge in [0.05, 0.1) is 18.3 Å². The monoisotopic (exact) mass is 270 g/mol. The van der Waals surface area contributed by atoms with E-state index in [1.165, 1.54) is 0 Å².